The lowest BCUT2D eigenvalue weighted by molar-refractivity contribution is -0.324. The van der Waals surface area contributed by atoms with Crippen LogP contribution in [0.2, 0.25) is 0 Å². The van der Waals surface area contributed by atoms with Crippen LogP contribution in [0, 0.1) is 0 Å². The molecule has 2 aromatic carbocycles. The molecule has 5 rings (SSSR count). The van der Waals surface area contributed by atoms with Gasteiger partial charge in [-0.3, -0.25) is 0 Å². The number of rotatable bonds is 6. The summed E-state index contributed by atoms with van der Waals surface area (Å²) in [6.45, 7) is 0.934. The fraction of sp³-hybridized carbons (Fsp3) is 0.481. The number of aliphatic hydroxyl groups is 6. The van der Waals surface area contributed by atoms with Crippen molar-refractivity contribution in [2.45, 2.75) is 74.4 Å². The second-order valence-electron chi connectivity index (χ2n) is 10.3. The normalized spacial score (nSPS) is 36.5. The molecule has 0 amide bonds. The summed E-state index contributed by atoms with van der Waals surface area (Å²) in [6.07, 6.45) is -15.1. The van der Waals surface area contributed by atoms with Crippen LogP contribution < -0.4 is 4.74 Å². The maximum atomic E-state index is 10.7. The molecule has 2 fully saturated rings. The molecule has 10 N–H and O–H groups in total. The molecule has 0 aliphatic carbocycles. The minimum absolute atomic E-state index is 0.0346. The van der Waals surface area contributed by atoms with Crippen LogP contribution in [0.3, 0.4) is 0 Å². The van der Waals surface area contributed by atoms with Gasteiger partial charge < -0.3 is 74.7 Å². The largest absolute Gasteiger partial charge is 0.508 e. The van der Waals surface area contributed by atoms with Gasteiger partial charge in [-0.15, -0.1) is 0 Å². The highest BCUT2D eigenvalue weighted by Crippen LogP contribution is 2.49. The maximum Gasteiger partial charge on any atom is 0.228 e. The summed E-state index contributed by atoms with van der Waals surface area (Å²) in [7, 11) is 0. The second-order valence-corrected chi connectivity index (χ2v) is 10.3. The molecule has 42 heavy (non-hydrogen) atoms. The number of ether oxygens (including phenoxy) is 5. The highest BCUT2D eigenvalue weighted by molar-refractivity contribution is 5.74. The van der Waals surface area contributed by atoms with E-state index in [0.717, 1.165) is 6.07 Å². The monoisotopic (exact) mass is 596 g/mol. The van der Waals surface area contributed by atoms with Crippen LogP contribution in [0.5, 0.6) is 28.7 Å². The van der Waals surface area contributed by atoms with Gasteiger partial charge in [0.1, 0.15) is 60.0 Å². The van der Waals surface area contributed by atoms with Crippen molar-refractivity contribution in [3.05, 3.63) is 47.2 Å². The van der Waals surface area contributed by atoms with Gasteiger partial charge in [0, 0.05) is 11.6 Å². The van der Waals surface area contributed by atoms with Gasteiger partial charge in [0.2, 0.25) is 12.0 Å². The van der Waals surface area contributed by atoms with Crippen molar-refractivity contribution < 1.29 is 74.7 Å². The number of hydrogen-bond acceptors (Lipinski definition) is 15. The Kier molecular flexibility index (Phi) is 8.39. The molecule has 0 aromatic heterocycles. The van der Waals surface area contributed by atoms with Crippen molar-refractivity contribution in [3.8, 4) is 28.7 Å². The van der Waals surface area contributed by atoms with E-state index in [1.54, 1.807) is 0 Å². The van der Waals surface area contributed by atoms with Crippen LogP contribution in [0.25, 0.3) is 6.08 Å². The van der Waals surface area contributed by atoms with Gasteiger partial charge in [0.15, 0.2) is 23.9 Å². The number of benzene rings is 2. The Morgan fingerprint density at radius 1 is 0.738 bits per heavy atom. The van der Waals surface area contributed by atoms with Gasteiger partial charge >= 0.3 is 0 Å². The second kappa shape index (κ2) is 11.7. The molecule has 11 atom stereocenters. The summed E-state index contributed by atoms with van der Waals surface area (Å²) in [5.74, 6) is -2.38. The van der Waals surface area contributed by atoms with Crippen molar-refractivity contribution in [1.82, 2.24) is 0 Å². The van der Waals surface area contributed by atoms with E-state index in [2.05, 4.69) is 0 Å². The zero-order valence-electron chi connectivity index (χ0n) is 22.0. The molecule has 3 aliphatic heterocycles. The first-order chi connectivity index (χ1) is 19.9. The van der Waals surface area contributed by atoms with Gasteiger partial charge in [-0.2, -0.15) is 0 Å². The average Bonchev–Trinajstić information content (AvgIpc) is 2.97. The summed E-state index contributed by atoms with van der Waals surface area (Å²) in [5.41, 5.74) is 0.334. The SMILES string of the molecule is CC1OC(OCC2OC(OC3=Cc4c(cc(O)c(O)c4O)OC3c3ccc(O)cc3)C(O)C(O)C2O)C(O)C(O)C1O. The summed E-state index contributed by atoms with van der Waals surface area (Å²) in [4.78, 5) is 0. The van der Waals surface area contributed by atoms with Gasteiger partial charge in [-0.1, -0.05) is 12.1 Å². The van der Waals surface area contributed by atoms with E-state index in [-0.39, 0.29) is 22.8 Å². The van der Waals surface area contributed by atoms with Crippen LogP contribution in [-0.4, -0.2) is 119 Å². The highest BCUT2D eigenvalue weighted by atomic mass is 16.7. The van der Waals surface area contributed by atoms with Crippen molar-refractivity contribution >= 4 is 6.08 Å². The summed E-state index contributed by atoms with van der Waals surface area (Å²) in [5, 5.41) is 102. The molecule has 2 saturated heterocycles. The quantitative estimate of drug-likeness (QED) is 0.173. The Hall–Kier alpha value is -3.38. The highest BCUT2D eigenvalue weighted by Gasteiger charge is 2.48. The first-order valence-electron chi connectivity index (χ1n) is 13.0. The van der Waals surface area contributed by atoms with Crippen molar-refractivity contribution in [1.29, 1.82) is 0 Å². The fourth-order valence-electron chi connectivity index (χ4n) is 4.88. The van der Waals surface area contributed by atoms with Crippen molar-refractivity contribution in [3.63, 3.8) is 0 Å². The Bertz CT molecular complexity index is 1300. The summed E-state index contributed by atoms with van der Waals surface area (Å²) < 4.78 is 28.4. The molecule has 0 saturated carbocycles. The van der Waals surface area contributed by atoms with E-state index >= 15 is 0 Å². The van der Waals surface area contributed by atoms with E-state index < -0.39 is 91.4 Å². The number of aromatic hydroxyl groups is 4. The Labute approximate surface area is 238 Å². The van der Waals surface area contributed by atoms with Crippen LogP contribution in [0.15, 0.2) is 36.1 Å². The smallest absolute Gasteiger partial charge is 0.228 e. The van der Waals surface area contributed by atoms with Gasteiger partial charge in [0.05, 0.1) is 18.3 Å². The van der Waals surface area contributed by atoms with E-state index in [1.165, 1.54) is 37.3 Å². The standard InChI is InChI=1S/C27H32O15/c1-9-17(30)21(34)23(36)26(39-9)38-8-16-20(33)22(35)24(37)27(42-16)41-15-6-12-14(7-13(29)19(32)18(12)31)40-25(15)10-2-4-11(28)5-3-10/h2-7,9,16-17,20-37H,8H2,1H3. The number of aliphatic hydroxyl groups excluding tert-OH is 6. The van der Waals surface area contributed by atoms with Crippen molar-refractivity contribution in [2.75, 3.05) is 6.61 Å². The Morgan fingerprint density at radius 3 is 2.07 bits per heavy atom. The number of fused-ring (bicyclic) bond motifs is 1. The number of hydrogen-bond donors (Lipinski definition) is 10. The Morgan fingerprint density at radius 2 is 1.38 bits per heavy atom. The molecule has 3 aliphatic rings. The fourth-order valence-corrected chi connectivity index (χ4v) is 4.88. The van der Waals surface area contributed by atoms with Crippen LogP contribution >= 0.6 is 0 Å². The minimum Gasteiger partial charge on any atom is -0.508 e. The predicted molar refractivity (Wildman–Crippen MR) is 137 cm³/mol. The summed E-state index contributed by atoms with van der Waals surface area (Å²) in [6, 6.07) is 6.81. The molecular formula is C27H32O15. The van der Waals surface area contributed by atoms with Gasteiger partial charge in [-0.05, 0) is 25.1 Å². The average molecular weight is 597 g/mol. The minimum atomic E-state index is -1.81. The van der Waals surface area contributed by atoms with E-state index in [1.807, 2.05) is 0 Å². The zero-order chi connectivity index (χ0) is 30.5. The van der Waals surface area contributed by atoms with Crippen LogP contribution in [0.4, 0.5) is 0 Å². The molecule has 3 heterocycles. The number of phenols is 4. The Balaban J connectivity index is 1.39. The third-order valence-electron chi connectivity index (χ3n) is 7.39. The third kappa shape index (κ3) is 5.54. The molecule has 15 heteroatoms. The first kappa shape index (κ1) is 30.1. The lowest BCUT2D eigenvalue weighted by Crippen LogP contribution is -2.61. The zero-order valence-corrected chi connectivity index (χ0v) is 22.0. The molecule has 0 spiro atoms. The van der Waals surface area contributed by atoms with Gasteiger partial charge in [0.25, 0.3) is 0 Å². The van der Waals surface area contributed by atoms with E-state index in [9.17, 15) is 51.1 Å². The van der Waals surface area contributed by atoms with Crippen LogP contribution in [-0.2, 0) is 18.9 Å². The molecule has 0 radical (unpaired) electrons. The molecule has 15 nitrogen and oxygen atoms in total. The molecule has 2 aromatic rings. The van der Waals surface area contributed by atoms with E-state index in [4.69, 9.17) is 23.7 Å². The molecule has 11 unspecified atom stereocenters. The topological polar surface area (TPSA) is 248 Å². The molecular weight excluding hydrogens is 564 g/mol. The first-order valence-corrected chi connectivity index (χ1v) is 13.0. The lowest BCUT2D eigenvalue weighted by atomic mass is 9.98. The third-order valence-corrected chi connectivity index (χ3v) is 7.39. The van der Waals surface area contributed by atoms with E-state index in [0.29, 0.717) is 5.56 Å². The predicted octanol–water partition coefficient (Wildman–Crippen LogP) is -1.35. The maximum absolute atomic E-state index is 10.7. The lowest BCUT2D eigenvalue weighted by Gasteiger charge is -2.43. The van der Waals surface area contributed by atoms with Crippen molar-refractivity contribution in [2.24, 2.45) is 0 Å². The van der Waals surface area contributed by atoms with Crippen LogP contribution in [0.1, 0.15) is 24.2 Å². The summed E-state index contributed by atoms with van der Waals surface area (Å²) >= 11 is 0. The molecule has 230 valence electrons. The number of phenolic OH excluding ortho intramolecular Hbond substituents is 4. The molecule has 0 bridgehead atoms. The van der Waals surface area contributed by atoms with Gasteiger partial charge in [-0.25, -0.2) is 0 Å².